The van der Waals surface area contributed by atoms with Crippen LogP contribution in [0.2, 0.25) is 0 Å². The molecule has 50 heavy (non-hydrogen) atoms. The highest BCUT2D eigenvalue weighted by Crippen LogP contribution is 2.34. The Labute approximate surface area is 293 Å². The third-order valence-corrected chi connectivity index (χ3v) is 8.53. The van der Waals surface area contributed by atoms with Gasteiger partial charge in [0.1, 0.15) is 0 Å². The molecule has 0 N–H and O–H groups in total. The number of hydrogen-bond acceptors (Lipinski definition) is 4. The van der Waals surface area contributed by atoms with E-state index in [9.17, 15) is 5.26 Å². The van der Waals surface area contributed by atoms with Crippen LogP contribution in [0.15, 0.2) is 170 Å². The summed E-state index contributed by atoms with van der Waals surface area (Å²) in [6, 6.07) is 59.8. The zero-order valence-electron chi connectivity index (χ0n) is 28.0. The molecule has 0 spiro atoms. The van der Waals surface area contributed by atoms with Crippen molar-refractivity contribution in [2.75, 3.05) is 0 Å². The van der Waals surface area contributed by atoms with E-state index >= 15 is 0 Å². The van der Waals surface area contributed by atoms with Crippen LogP contribution in [-0.2, 0) is 0 Å². The second kappa shape index (κ2) is 14.6. The fourth-order valence-corrected chi connectivity index (χ4v) is 5.99. The van der Waals surface area contributed by atoms with Crippen molar-refractivity contribution < 1.29 is 0 Å². The zero-order valence-corrected chi connectivity index (χ0v) is 28.0. The topological polar surface area (TPSA) is 62.5 Å². The Bertz CT molecular complexity index is 2350. The number of benzene rings is 6. The molecule has 8 aromatic rings. The molecule has 0 unspecified atom stereocenters. The maximum absolute atomic E-state index is 9.29. The van der Waals surface area contributed by atoms with E-state index in [0.29, 0.717) is 5.56 Å². The van der Waals surface area contributed by atoms with Gasteiger partial charge in [-0.1, -0.05) is 147 Å². The smallest absolute Gasteiger partial charge is 0.0991 e. The minimum absolute atomic E-state index is 0.613. The Morgan fingerprint density at radius 1 is 0.360 bits per heavy atom. The van der Waals surface area contributed by atoms with Gasteiger partial charge in [-0.2, -0.15) is 5.26 Å². The number of para-hydroxylation sites is 2. The largest absolute Gasteiger partial charge is 0.248 e. The monoisotopic (exact) mass is 642 g/mol. The van der Waals surface area contributed by atoms with Crippen molar-refractivity contribution in [1.82, 2.24) is 15.0 Å². The second-order valence-electron chi connectivity index (χ2n) is 11.6. The van der Waals surface area contributed by atoms with Gasteiger partial charge < -0.3 is 0 Å². The molecule has 8 rings (SSSR count). The predicted octanol–water partition coefficient (Wildman–Crippen LogP) is 11.9. The molecule has 0 radical (unpaired) electrons. The Morgan fingerprint density at radius 3 is 1.14 bits per heavy atom. The number of fused-ring (bicyclic) bond motifs is 1. The number of aromatic nitrogens is 3. The van der Waals surface area contributed by atoms with Crippen molar-refractivity contribution >= 4 is 11.0 Å². The highest BCUT2D eigenvalue weighted by Gasteiger charge is 2.14. The highest BCUT2D eigenvalue weighted by molar-refractivity contribution is 5.87. The SMILES string of the molecule is CC.N#Cc1ccc(-c2nc3ccccc3nc2-c2ccc(-c3ccc(-c4cc(-c5ccccc5)nc(-c5ccccc5)c4)cc3)cc2)cc1. The van der Waals surface area contributed by atoms with Crippen LogP contribution in [-0.4, -0.2) is 15.0 Å². The normalized spacial score (nSPS) is 10.6. The first-order chi connectivity index (χ1) is 24.7. The summed E-state index contributed by atoms with van der Waals surface area (Å²) >= 11 is 0. The van der Waals surface area contributed by atoms with Crippen molar-refractivity contribution in [1.29, 1.82) is 5.26 Å². The molecule has 0 aliphatic heterocycles. The Balaban J connectivity index is 0.00000193. The maximum Gasteiger partial charge on any atom is 0.0991 e. The van der Waals surface area contributed by atoms with E-state index in [1.807, 2.05) is 98.8 Å². The summed E-state index contributed by atoms with van der Waals surface area (Å²) in [6.45, 7) is 4.00. The lowest BCUT2D eigenvalue weighted by molar-refractivity contribution is 1.29. The van der Waals surface area contributed by atoms with E-state index in [1.54, 1.807) is 0 Å². The number of rotatable bonds is 6. The predicted molar refractivity (Wildman–Crippen MR) is 206 cm³/mol. The van der Waals surface area contributed by atoms with Gasteiger partial charge in [-0.15, -0.1) is 0 Å². The first kappa shape index (κ1) is 31.9. The van der Waals surface area contributed by atoms with Crippen LogP contribution >= 0.6 is 0 Å². The molecular formula is C46H34N4. The van der Waals surface area contributed by atoms with Gasteiger partial charge in [0.25, 0.3) is 0 Å². The maximum atomic E-state index is 9.29. The zero-order chi connectivity index (χ0) is 34.3. The Hall–Kier alpha value is -6.70. The summed E-state index contributed by atoms with van der Waals surface area (Å²) in [5.41, 5.74) is 14.3. The molecule has 4 nitrogen and oxygen atoms in total. The third-order valence-electron chi connectivity index (χ3n) is 8.53. The van der Waals surface area contributed by atoms with Gasteiger partial charge in [-0.25, -0.2) is 15.0 Å². The number of nitrogens with zero attached hydrogens (tertiary/aromatic N) is 4. The van der Waals surface area contributed by atoms with E-state index in [-0.39, 0.29) is 0 Å². The second-order valence-corrected chi connectivity index (χ2v) is 11.6. The minimum Gasteiger partial charge on any atom is -0.248 e. The van der Waals surface area contributed by atoms with Gasteiger partial charge in [0.2, 0.25) is 0 Å². The van der Waals surface area contributed by atoms with Gasteiger partial charge in [-0.05, 0) is 58.7 Å². The molecule has 2 heterocycles. The standard InChI is InChI=1S/C44H28N4.C2H6/c45-29-30-15-17-36(18-16-30)43-44(48-40-14-8-7-13-39(40)47-43)37-25-23-32(24-26-37)31-19-21-33(22-20-31)38-27-41(34-9-3-1-4-10-34)46-42(28-38)35-11-5-2-6-12-35;1-2/h1-28H;1-2H3. The summed E-state index contributed by atoms with van der Waals surface area (Å²) in [5, 5.41) is 9.29. The average molecular weight is 643 g/mol. The Kier molecular flexibility index (Phi) is 9.31. The summed E-state index contributed by atoms with van der Waals surface area (Å²) in [5.74, 6) is 0. The van der Waals surface area contributed by atoms with Crippen molar-refractivity contribution in [3.8, 4) is 73.4 Å². The first-order valence-corrected chi connectivity index (χ1v) is 16.8. The first-order valence-electron chi connectivity index (χ1n) is 16.8. The van der Waals surface area contributed by atoms with E-state index in [2.05, 4.69) is 91.0 Å². The summed E-state index contributed by atoms with van der Waals surface area (Å²) < 4.78 is 0. The average Bonchev–Trinajstić information content (AvgIpc) is 3.22. The molecular weight excluding hydrogens is 609 g/mol. The number of hydrogen-bond donors (Lipinski definition) is 0. The molecule has 0 saturated carbocycles. The molecule has 4 heteroatoms. The lowest BCUT2D eigenvalue weighted by Crippen LogP contribution is -1.95. The third kappa shape index (κ3) is 6.67. The molecule has 6 aromatic carbocycles. The molecule has 0 saturated heterocycles. The van der Waals surface area contributed by atoms with Crippen LogP contribution in [0.4, 0.5) is 0 Å². The van der Waals surface area contributed by atoms with Crippen LogP contribution in [0.5, 0.6) is 0 Å². The molecule has 0 aliphatic carbocycles. The lowest BCUT2D eigenvalue weighted by atomic mass is 9.96. The van der Waals surface area contributed by atoms with E-state index in [4.69, 9.17) is 15.0 Å². The van der Waals surface area contributed by atoms with Crippen LogP contribution in [0.25, 0.3) is 78.3 Å². The molecule has 0 amide bonds. The molecule has 2 aromatic heterocycles. The minimum atomic E-state index is 0.613. The summed E-state index contributed by atoms with van der Waals surface area (Å²) in [4.78, 5) is 15.1. The van der Waals surface area contributed by atoms with Crippen LogP contribution in [0.1, 0.15) is 19.4 Å². The molecule has 0 aliphatic rings. The fourth-order valence-electron chi connectivity index (χ4n) is 5.99. The van der Waals surface area contributed by atoms with Gasteiger partial charge in [0, 0.05) is 22.3 Å². The molecule has 0 fully saturated rings. The number of nitriles is 1. The van der Waals surface area contributed by atoms with Crippen molar-refractivity contribution in [2.24, 2.45) is 0 Å². The quantitative estimate of drug-likeness (QED) is 0.181. The van der Waals surface area contributed by atoms with Gasteiger partial charge in [0.15, 0.2) is 0 Å². The fraction of sp³-hybridized carbons (Fsp3) is 0.0435. The molecule has 238 valence electrons. The van der Waals surface area contributed by atoms with Gasteiger partial charge >= 0.3 is 0 Å². The number of pyridine rings is 1. The van der Waals surface area contributed by atoms with E-state index in [0.717, 1.165) is 78.3 Å². The Morgan fingerprint density at radius 2 is 0.720 bits per heavy atom. The lowest BCUT2D eigenvalue weighted by Gasteiger charge is -2.12. The van der Waals surface area contributed by atoms with E-state index < -0.39 is 0 Å². The van der Waals surface area contributed by atoms with Crippen molar-refractivity contribution in [3.05, 3.63) is 175 Å². The van der Waals surface area contributed by atoms with Crippen molar-refractivity contribution in [3.63, 3.8) is 0 Å². The van der Waals surface area contributed by atoms with Gasteiger partial charge in [0.05, 0.1) is 45.4 Å². The molecule has 0 atom stereocenters. The van der Waals surface area contributed by atoms with Crippen molar-refractivity contribution in [2.45, 2.75) is 13.8 Å². The summed E-state index contributed by atoms with van der Waals surface area (Å²) in [7, 11) is 0. The van der Waals surface area contributed by atoms with Crippen LogP contribution in [0.3, 0.4) is 0 Å². The summed E-state index contributed by atoms with van der Waals surface area (Å²) in [6.07, 6.45) is 0. The van der Waals surface area contributed by atoms with Crippen LogP contribution < -0.4 is 0 Å². The van der Waals surface area contributed by atoms with E-state index in [1.165, 1.54) is 0 Å². The van der Waals surface area contributed by atoms with Gasteiger partial charge in [-0.3, -0.25) is 0 Å². The van der Waals surface area contributed by atoms with Crippen LogP contribution in [0, 0.1) is 11.3 Å². The molecule has 0 bridgehead atoms. The highest BCUT2D eigenvalue weighted by atomic mass is 14.8.